The van der Waals surface area contributed by atoms with Crippen LogP contribution in [-0.4, -0.2) is 21.3 Å². The maximum Gasteiger partial charge on any atom is 0.0410 e. The molecule has 86 valence electrons. The highest BCUT2D eigenvalue weighted by atomic mass is 16.5. The second-order valence-electron chi connectivity index (χ2n) is 5.44. The second kappa shape index (κ2) is 5.13. The molecule has 0 aliphatic rings. The summed E-state index contributed by atoms with van der Waals surface area (Å²) in [5.74, 6) is 0. The van der Waals surface area contributed by atoms with E-state index in [-0.39, 0.29) is 11.1 Å². The molecule has 0 fully saturated rings. The maximum atomic E-state index is 10.2. The van der Waals surface area contributed by atoms with Crippen molar-refractivity contribution < 1.29 is 5.21 Å². The highest BCUT2D eigenvalue weighted by molar-refractivity contribution is 4.86. The minimum Gasteiger partial charge on any atom is -0.313 e. The maximum absolute atomic E-state index is 10.2. The first kappa shape index (κ1) is 13.9. The quantitative estimate of drug-likeness (QED) is 0.660. The van der Waals surface area contributed by atoms with Crippen molar-refractivity contribution in [2.75, 3.05) is 0 Å². The molecule has 0 aromatic rings. The number of hydrogen-bond donors (Lipinski definition) is 1. The molecule has 0 unspecified atom stereocenters. The Labute approximate surface area is 89.3 Å². The molecule has 0 aromatic heterocycles. The van der Waals surface area contributed by atoms with Crippen LogP contribution >= 0.6 is 0 Å². The monoisotopic (exact) mass is 201 g/mol. The molecule has 2 nitrogen and oxygen atoms in total. The molecule has 0 saturated heterocycles. The Morgan fingerprint density at radius 2 is 1.14 bits per heavy atom. The van der Waals surface area contributed by atoms with Crippen LogP contribution in [0.15, 0.2) is 0 Å². The summed E-state index contributed by atoms with van der Waals surface area (Å²) in [5, 5.41) is 11.7. The van der Waals surface area contributed by atoms with Crippen molar-refractivity contribution in [3.05, 3.63) is 0 Å². The third-order valence-electron chi connectivity index (χ3n) is 2.87. The third-order valence-corrected chi connectivity index (χ3v) is 2.87. The van der Waals surface area contributed by atoms with Gasteiger partial charge in [0.1, 0.15) is 0 Å². The van der Waals surface area contributed by atoms with E-state index in [4.69, 9.17) is 0 Å². The van der Waals surface area contributed by atoms with Crippen LogP contribution in [0.1, 0.15) is 67.2 Å². The lowest BCUT2D eigenvalue weighted by Crippen LogP contribution is -2.53. The van der Waals surface area contributed by atoms with Gasteiger partial charge < -0.3 is 5.21 Å². The predicted molar refractivity (Wildman–Crippen MR) is 61.6 cm³/mol. The zero-order chi connectivity index (χ0) is 11.4. The predicted octanol–water partition coefficient (Wildman–Crippen LogP) is 3.84. The molecule has 14 heavy (non-hydrogen) atoms. The van der Waals surface area contributed by atoms with Gasteiger partial charge in [-0.1, -0.05) is 26.7 Å². The van der Waals surface area contributed by atoms with E-state index in [1.807, 2.05) is 0 Å². The average molecular weight is 201 g/mol. The Balaban J connectivity index is 4.49. The number of hydroxylamine groups is 2. The van der Waals surface area contributed by atoms with E-state index in [9.17, 15) is 5.21 Å². The van der Waals surface area contributed by atoms with Crippen LogP contribution in [0, 0.1) is 0 Å². The van der Waals surface area contributed by atoms with Gasteiger partial charge in [0.05, 0.1) is 0 Å². The molecule has 1 N–H and O–H groups in total. The van der Waals surface area contributed by atoms with Gasteiger partial charge in [-0.25, -0.2) is 0 Å². The fourth-order valence-corrected chi connectivity index (χ4v) is 2.25. The summed E-state index contributed by atoms with van der Waals surface area (Å²) in [6, 6.07) is 0. The van der Waals surface area contributed by atoms with Gasteiger partial charge in [0.25, 0.3) is 0 Å². The summed E-state index contributed by atoms with van der Waals surface area (Å²) in [4.78, 5) is 0. The van der Waals surface area contributed by atoms with Crippen molar-refractivity contribution in [2.45, 2.75) is 78.3 Å². The normalized spacial score (nSPS) is 13.7. The van der Waals surface area contributed by atoms with E-state index in [1.54, 1.807) is 5.06 Å². The first-order valence-corrected chi connectivity index (χ1v) is 5.77. The van der Waals surface area contributed by atoms with E-state index >= 15 is 0 Å². The second-order valence-corrected chi connectivity index (χ2v) is 5.44. The molecule has 0 radical (unpaired) electrons. The average Bonchev–Trinajstić information content (AvgIpc) is 2.02. The third kappa shape index (κ3) is 3.58. The van der Waals surface area contributed by atoms with Crippen LogP contribution in [0.5, 0.6) is 0 Å². The summed E-state index contributed by atoms with van der Waals surface area (Å²) < 4.78 is 0. The van der Waals surface area contributed by atoms with E-state index in [0.717, 1.165) is 25.7 Å². The van der Waals surface area contributed by atoms with Gasteiger partial charge in [-0.05, 0) is 40.5 Å². The first-order chi connectivity index (χ1) is 6.28. The topological polar surface area (TPSA) is 23.5 Å². The smallest absolute Gasteiger partial charge is 0.0410 e. The Kier molecular flexibility index (Phi) is 5.10. The van der Waals surface area contributed by atoms with Gasteiger partial charge in [-0.3, -0.25) is 0 Å². The summed E-state index contributed by atoms with van der Waals surface area (Å²) in [5.41, 5.74) is -0.235. The fraction of sp³-hybridized carbons (Fsp3) is 1.00. The lowest BCUT2D eigenvalue weighted by atomic mass is 9.90. The largest absolute Gasteiger partial charge is 0.313 e. The number of hydrogen-bond acceptors (Lipinski definition) is 2. The highest BCUT2D eigenvalue weighted by Crippen LogP contribution is 2.29. The Bertz CT molecular complexity index is 146. The van der Waals surface area contributed by atoms with Gasteiger partial charge in [-0.15, -0.1) is 0 Å². The Morgan fingerprint density at radius 3 is 1.36 bits per heavy atom. The summed E-state index contributed by atoms with van der Waals surface area (Å²) >= 11 is 0. The van der Waals surface area contributed by atoms with Crippen molar-refractivity contribution in [2.24, 2.45) is 0 Å². The lowest BCUT2D eigenvalue weighted by Gasteiger charge is -2.44. The molecule has 0 spiro atoms. The molecular weight excluding hydrogens is 174 g/mol. The Morgan fingerprint density at radius 1 is 0.857 bits per heavy atom. The van der Waals surface area contributed by atoms with Crippen molar-refractivity contribution in [3.8, 4) is 0 Å². The van der Waals surface area contributed by atoms with Crippen LogP contribution in [0.2, 0.25) is 0 Å². The molecule has 0 saturated carbocycles. The van der Waals surface area contributed by atoms with Crippen LogP contribution in [0.3, 0.4) is 0 Å². The van der Waals surface area contributed by atoms with E-state index in [1.165, 1.54) is 0 Å². The van der Waals surface area contributed by atoms with Gasteiger partial charge in [0.15, 0.2) is 0 Å². The molecule has 0 aromatic carbocycles. The van der Waals surface area contributed by atoms with Crippen LogP contribution < -0.4 is 0 Å². The van der Waals surface area contributed by atoms with E-state index in [0.29, 0.717) is 0 Å². The minimum atomic E-state index is -0.118. The Hall–Kier alpha value is -0.0800. The molecular formula is C12H27NO. The molecule has 0 heterocycles. The van der Waals surface area contributed by atoms with Crippen molar-refractivity contribution in [1.82, 2.24) is 5.06 Å². The zero-order valence-electron chi connectivity index (χ0n) is 10.7. The van der Waals surface area contributed by atoms with Crippen molar-refractivity contribution in [3.63, 3.8) is 0 Å². The van der Waals surface area contributed by atoms with Crippen molar-refractivity contribution in [1.29, 1.82) is 0 Å². The van der Waals surface area contributed by atoms with Crippen LogP contribution in [0.25, 0.3) is 0 Å². The molecule has 0 aliphatic carbocycles. The number of rotatable bonds is 6. The van der Waals surface area contributed by atoms with E-state index < -0.39 is 0 Å². The fourth-order valence-electron chi connectivity index (χ4n) is 2.25. The van der Waals surface area contributed by atoms with Gasteiger partial charge in [0, 0.05) is 11.1 Å². The standard InChI is InChI=1S/C12H27NO/c1-7-9-11(3,4)13(14)12(5,6)10-8-2/h14H,7-10H2,1-6H3. The summed E-state index contributed by atoms with van der Waals surface area (Å²) in [6.07, 6.45) is 4.26. The zero-order valence-corrected chi connectivity index (χ0v) is 10.7. The van der Waals surface area contributed by atoms with E-state index in [2.05, 4.69) is 41.5 Å². The highest BCUT2D eigenvalue weighted by Gasteiger charge is 2.35. The van der Waals surface area contributed by atoms with Crippen LogP contribution in [-0.2, 0) is 0 Å². The van der Waals surface area contributed by atoms with Crippen LogP contribution in [0.4, 0.5) is 0 Å². The molecule has 0 amide bonds. The summed E-state index contributed by atoms with van der Waals surface area (Å²) in [7, 11) is 0. The van der Waals surface area contributed by atoms with Gasteiger partial charge in [-0.2, -0.15) is 5.06 Å². The molecule has 0 rings (SSSR count). The number of nitrogens with zero attached hydrogens (tertiary/aromatic N) is 1. The first-order valence-electron chi connectivity index (χ1n) is 5.77. The van der Waals surface area contributed by atoms with Gasteiger partial charge in [0.2, 0.25) is 0 Å². The molecule has 0 aliphatic heterocycles. The lowest BCUT2D eigenvalue weighted by molar-refractivity contribution is -0.227. The minimum absolute atomic E-state index is 0.118. The summed E-state index contributed by atoms with van der Waals surface area (Å²) in [6.45, 7) is 12.7. The van der Waals surface area contributed by atoms with Crippen molar-refractivity contribution >= 4 is 0 Å². The molecule has 2 heteroatoms. The van der Waals surface area contributed by atoms with Gasteiger partial charge >= 0.3 is 0 Å². The molecule has 0 bridgehead atoms. The SMILES string of the molecule is CCCC(C)(C)N(O)C(C)(C)CCC. The molecule has 0 atom stereocenters.